The van der Waals surface area contributed by atoms with E-state index in [0.29, 0.717) is 18.7 Å². The fourth-order valence-corrected chi connectivity index (χ4v) is 2.86. The number of rotatable bonds is 6. The molecule has 2 rings (SSSR count). The third kappa shape index (κ3) is 5.91. The number of halogens is 3. The summed E-state index contributed by atoms with van der Waals surface area (Å²) in [7, 11) is 0. The average Bonchev–Trinajstić information content (AvgIpc) is 2.53. The fraction of sp³-hybridized carbons (Fsp3) is 0.529. The van der Waals surface area contributed by atoms with Crippen LogP contribution in [0.2, 0.25) is 0 Å². The summed E-state index contributed by atoms with van der Waals surface area (Å²) < 4.78 is 40.6. The van der Waals surface area contributed by atoms with Crippen LogP contribution in [0.3, 0.4) is 0 Å². The Bertz CT molecular complexity index is 650. The molecule has 1 aromatic carbocycles. The Kier molecular flexibility index (Phi) is 6.47. The molecule has 0 radical (unpaired) electrons. The van der Waals surface area contributed by atoms with Crippen LogP contribution in [-0.4, -0.2) is 48.2 Å². The standard InChI is InChI=1S/C17H22F3N3O3/c1-11(2)23-7-6-21-16(25)14(23)9-15(24)22-10-12-4-3-5-13(8-12)26-17(18,19)20/h3-5,8,11,14H,6-7,9-10H2,1-2H3,(H,21,25)(H,22,24)/t14-/m1/s1. The third-order valence-electron chi connectivity index (χ3n) is 4.04. The Labute approximate surface area is 149 Å². The second-order valence-corrected chi connectivity index (χ2v) is 6.31. The first-order chi connectivity index (χ1) is 12.2. The summed E-state index contributed by atoms with van der Waals surface area (Å²) in [4.78, 5) is 26.2. The zero-order valence-electron chi connectivity index (χ0n) is 14.6. The highest BCUT2D eigenvalue weighted by Gasteiger charge is 2.33. The molecule has 1 aliphatic heterocycles. The number of benzene rings is 1. The van der Waals surface area contributed by atoms with Crippen molar-refractivity contribution in [2.45, 2.75) is 45.3 Å². The van der Waals surface area contributed by atoms with Gasteiger partial charge in [-0.1, -0.05) is 12.1 Å². The van der Waals surface area contributed by atoms with Gasteiger partial charge in [0.05, 0.1) is 12.5 Å². The summed E-state index contributed by atoms with van der Waals surface area (Å²) in [6, 6.07) is 4.96. The quantitative estimate of drug-likeness (QED) is 0.798. The Morgan fingerprint density at radius 1 is 1.42 bits per heavy atom. The van der Waals surface area contributed by atoms with E-state index in [0.717, 1.165) is 0 Å². The Hall–Kier alpha value is -2.29. The van der Waals surface area contributed by atoms with Gasteiger partial charge >= 0.3 is 6.36 Å². The number of nitrogens with one attached hydrogen (secondary N) is 2. The van der Waals surface area contributed by atoms with Crippen LogP contribution in [0.4, 0.5) is 13.2 Å². The van der Waals surface area contributed by atoms with Crippen molar-refractivity contribution in [3.05, 3.63) is 29.8 Å². The Morgan fingerprint density at radius 3 is 2.81 bits per heavy atom. The predicted molar refractivity (Wildman–Crippen MR) is 88.2 cm³/mol. The van der Waals surface area contributed by atoms with Gasteiger partial charge in [-0.3, -0.25) is 14.5 Å². The lowest BCUT2D eigenvalue weighted by molar-refractivity contribution is -0.274. The number of carbonyl (C=O) groups excluding carboxylic acids is 2. The number of piperazine rings is 1. The molecule has 1 aliphatic rings. The Morgan fingerprint density at radius 2 is 2.15 bits per heavy atom. The van der Waals surface area contributed by atoms with Crippen LogP contribution >= 0.6 is 0 Å². The number of carbonyl (C=O) groups is 2. The van der Waals surface area contributed by atoms with Crippen molar-refractivity contribution in [3.63, 3.8) is 0 Å². The van der Waals surface area contributed by atoms with Gasteiger partial charge in [0.15, 0.2) is 0 Å². The van der Waals surface area contributed by atoms with Crippen LogP contribution < -0.4 is 15.4 Å². The number of ether oxygens (including phenoxy) is 1. The number of alkyl halides is 3. The summed E-state index contributed by atoms with van der Waals surface area (Å²) in [5.41, 5.74) is 0.467. The first kappa shape index (κ1) is 20.0. The van der Waals surface area contributed by atoms with Gasteiger partial charge in [0.2, 0.25) is 11.8 Å². The van der Waals surface area contributed by atoms with Crippen molar-refractivity contribution in [1.82, 2.24) is 15.5 Å². The largest absolute Gasteiger partial charge is 0.573 e. The maximum absolute atomic E-state index is 12.3. The molecule has 0 aliphatic carbocycles. The number of amides is 2. The molecule has 0 bridgehead atoms. The Balaban J connectivity index is 1.92. The van der Waals surface area contributed by atoms with Crippen molar-refractivity contribution >= 4 is 11.8 Å². The molecule has 2 amide bonds. The average molecular weight is 373 g/mol. The summed E-state index contributed by atoms with van der Waals surface area (Å²) in [5.74, 6) is -0.887. The zero-order chi connectivity index (χ0) is 19.3. The van der Waals surface area contributed by atoms with Gasteiger partial charge in [-0.15, -0.1) is 13.2 Å². The molecule has 6 nitrogen and oxygen atoms in total. The van der Waals surface area contributed by atoms with Crippen LogP contribution in [0.1, 0.15) is 25.8 Å². The van der Waals surface area contributed by atoms with E-state index in [-0.39, 0.29) is 36.6 Å². The lowest BCUT2D eigenvalue weighted by Crippen LogP contribution is -2.58. The molecule has 0 unspecified atom stereocenters. The molecule has 1 atom stereocenters. The smallest absolute Gasteiger partial charge is 0.406 e. The lowest BCUT2D eigenvalue weighted by atomic mass is 10.1. The molecule has 26 heavy (non-hydrogen) atoms. The van der Waals surface area contributed by atoms with Crippen molar-refractivity contribution in [2.75, 3.05) is 13.1 Å². The lowest BCUT2D eigenvalue weighted by Gasteiger charge is -2.37. The van der Waals surface area contributed by atoms with Gasteiger partial charge < -0.3 is 15.4 Å². The van der Waals surface area contributed by atoms with Gasteiger partial charge in [-0.05, 0) is 31.5 Å². The topological polar surface area (TPSA) is 70.7 Å². The summed E-state index contributed by atoms with van der Waals surface area (Å²) in [6.07, 6.45) is -4.78. The molecule has 2 N–H and O–H groups in total. The molecule has 1 heterocycles. The number of hydrogen-bond donors (Lipinski definition) is 2. The van der Waals surface area contributed by atoms with Crippen molar-refractivity contribution in [3.8, 4) is 5.75 Å². The van der Waals surface area contributed by atoms with Crippen LogP contribution in [0.15, 0.2) is 24.3 Å². The van der Waals surface area contributed by atoms with Crippen LogP contribution in [-0.2, 0) is 16.1 Å². The van der Waals surface area contributed by atoms with Crippen LogP contribution in [0.25, 0.3) is 0 Å². The molecular formula is C17H22F3N3O3. The van der Waals surface area contributed by atoms with E-state index < -0.39 is 12.4 Å². The molecule has 0 spiro atoms. The summed E-state index contributed by atoms with van der Waals surface area (Å²) in [6.45, 7) is 5.16. The minimum atomic E-state index is -4.77. The van der Waals surface area contributed by atoms with Gasteiger partial charge in [0.25, 0.3) is 0 Å². The highest BCUT2D eigenvalue weighted by atomic mass is 19.4. The predicted octanol–water partition coefficient (Wildman–Crippen LogP) is 1.80. The van der Waals surface area contributed by atoms with E-state index >= 15 is 0 Å². The minimum Gasteiger partial charge on any atom is -0.406 e. The van der Waals surface area contributed by atoms with E-state index in [1.807, 2.05) is 18.7 Å². The molecule has 0 aromatic heterocycles. The number of nitrogens with zero attached hydrogens (tertiary/aromatic N) is 1. The van der Waals surface area contributed by atoms with E-state index in [1.54, 1.807) is 6.07 Å². The van der Waals surface area contributed by atoms with E-state index in [9.17, 15) is 22.8 Å². The molecule has 1 fully saturated rings. The SMILES string of the molecule is CC(C)N1CCNC(=O)[C@H]1CC(=O)NCc1cccc(OC(F)(F)F)c1. The first-order valence-corrected chi connectivity index (χ1v) is 8.30. The van der Waals surface area contributed by atoms with Crippen molar-refractivity contribution < 1.29 is 27.5 Å². The van der Waals surface area contributed by atoms with E-state index in [2.05, 4.69) is 15.4 Å². The van der Waals surface area contributed by atoms with Gasteiger partial charge in [0, 0.05) is 25.7 Å². The van der Waals surface area contributed by atoms with Crippen LogP contribution in [0, 0.1) is 0 Å². The molecule has 144 valence electrons. The second kappa shape index (κ2) is 8.39. The highest BCUT2D eigenvalue weighted by Crippen LogP contribution is 2.23. The normalized spacial score (nSPS) is 18.5. The maximum atomic E-state index is 12.3. The van der Waals surface area contributed by atoms with Gasteiger partial charge in [0.1, 0.15) is 5.75 Å². The third-order valence-corrected chi connectivity index (χ3v) is 4.04. The van der Waals surface area contributed by atoms with E-state index in [1.165, 1.54) is 18.2 Å². The molecule has 1 saturated heterocycles. The summed E-state index contributed by atoms with van der Waals surface area (Å²) >= 11 is 0. The molecule has 1 aromatic rings. The molecule has 9 heteroatoms. The zero-order valence-corrected chi connectivity index (χ0v) is 14.6. The van der Waals surface area contributed by atoms with Crippen molar-refractivity contribution in [2.24, 2.45) is 0 Å². The van der Waals surface area contributed by atoms with E-state index in [4.69, 9.17) is 0 Å². The highest BCUT2D eigenvalue weighted by molar-refractivity contribution is 5.88. The first-order valence-electron chi connectivity index (χ1n) is 8.30. The molecular weight excluding hydrogens is 351 g/mol. The minimum absolute atomic E-state index is 0.0112. The number of hydrogen-bond acceptors (Lipinski definition) is 4. The maximum Gasteiger partial charge on any atom is 0.573 e. The van der Waals surface area contributed by atoms with Crippen LogP contribution in [0.5, 0.6) is 5.75 Å². The fourth-order valence-electron chi connectivity index (χ4n) is 2.86. The van der Waals surface area contributed by atoms with Gasteiger partial charge in [-0.2, -0.15) is 0 Å². The van der Waals surface area contributed by atoms with Gasteiger partial charge in [-0.25, -0.2) is 0 Å². The summed E-state index contributed by atoms with van der Waals surface area (Å²) in [5, 5.41) is 5.38. The van der Waals surface area contributed by atoms with Crippen molar-refractivity contribution in [1.29, 1.82) is 0 Å². The molecule has 0 saturated carbocycles. The second-order valence-electron chi connectivity index (χ2n) is 6.31. The monoisotopic (exact) mass is 373 g/mol.